The second kappa shape index (κ2) is 12.1. The van der Waals surface area contributed by atoms with E-state index in [-0.39, 0.29) is 0 Å². The Hall–Kier alpha value is -0.990. The lowest BCUT2D eigenvalue weighted by molar-refractivity contribution is 0.0585. The van der Waals surface area contributed by atoms with Gasteiger partial charge in [0.15, 0.2) is 0 Å². The third kappa shape index (κ3) is 11.1. The van der Waals surface area contributed by atoms with E-state index in [1.807, 2.05) is 0 Å². The minimum absolute atomic E-state index is 0.371. The monoisotopic (exact) mass is 228 g/mol. The fraction of sp³-hybridized carbons (Fsp3) is 0.769. The zero-order chi connectivity index (χ0) is 12.1. The Labute approximate surface area is 98.8 Å². The molecule has 0 radical (unpaired) electrons. The molecule has 0 aliphatic carbocycles. The van der Waals surface area contributed by atoms with Crippen LogP contribution in [0.3, 0.4) is 0 Å². The number of allylic oxidation sites excluding steroid dienone is 2. The van der Waals surface area contributed by atoms with Crippen LogP contribution in [0, 0.1) is 0 Å². The third-order valence-corrected chi connectivity index (χ3v) is 2.14. The van der Waals surface area contributed by atoms with Gasteiger partial charge in [0.1, 0.15) is 0 Å². The number of ether oxygens (including phenoxy) is 2. The molecule has 3 heteroatoms. The number of carbonyl (C=O) groups is 1. The van der Waals surface area contributed by atoms with Crippen LogP contribution in [0.1, 0.15) is 52.4 Å². The summed E-state index contributed by atoms with van der Waals surface area (Å²) < 4.78 is 9.47. The molecule has 0 saturated heterocycles. The van der Waals surface area contributed by atoms with Crippen LogP contribution in [0.2, 0.25) is 0 Å². The average molecular weight is 228 g/mol. The van der Waals surface area contributed by atoms with Crippen molar-refractivity contribution in [2.75, 3.05) is 13.2 Å². The molecule has 16 heavy (non-hydrogen) atoms. The highest BCUT2D eigenvalue weighted by molar-refractivity contribution is 5.59. The Balaban J connectivity index is 3.17. The van der Waals surface area contributed by atoms with Crippen molar-refractivity contribution in [3.8, 4) is 0 Å². The number of rotatable bonds is 9. The van der Waals surface area contributed by atoms with E-state index in [1.54, 1.807) is 6.92 Å². The number of hydrogen-bond acceptors (Lipinski definition) is 3. The molecule has 0 aromatic heterocycles. The summed E-state index contributed by atoms with van der Waals surface area (Å²) in [7, 11) is 0. The maximum Gasteiger partial charge on any atom is 0.508 e. The van der Waals surface area contributed by atoms with E-state index < -0.39 is 6.16 Å². The summed E-state index contributed by atoms with van der Waals surface area (Å²) in [5.41, 5.74) is 0. The highest BCUT2D eigenvalue weighted by Crippen LogP contribution is 2.01. The molecule has 0 atom stereocenters. The lowest BCUT2D eigenvalue weighted by atomic mass is 10.2. The predicted octanol–water partition coefficient (Wildman–Crippen LogP) is 4.08. The van der Waals surface area contributed by atoms with Crippen molar-refractivity contribution in [3.05, 3.63) is 12.2 Å². The molecule has 0 spiro atoms. The molecule has 0 rings (SSSR count). The van der Waals surface area contributed by atoms with Crippen LogP contribution in [0.25, 0.3) is 0 Å². The second-order valence-corrected chi connectivity index (χ2v) is 3.64. The van der Waals surface area contributed by atoms with Crippen LogP contribution in [-0.4, -0.2) is 19.4 Å². The van der Waals surface area contributed by atoms with Gasteiger partial charge in [-0.2, -0.15) is 0 Å². The molecule has 0 N–H and O–H groups in total. The van der Waals surface area contributed by atoms with Gasteiger partial charge in [-0.3, -0.25) is 0 Å². The molecule has 94 valence electrons. The summed E-state index contributed by atoms with van der Waals surface area (Å²) in [6.07, 6.45) is 10.6. The molecule has 0 saturated carbocycles. The fourth-order valence-electron chi connectivity index (χ4n) is 1.26. The normalized spacial score (nSPS) is 10.6. The summed E-state index contributed by atoms with van der Waals surface area (Å²) in [5.74, 6) is 0. The van der Waals surface area contributed by atoms with E-state index in [2.05, 4.69) is 23.8 Å². The Morgan fingerprint density at radius 1 is 1.00 bits per heavy atom. The van der Waals surface area contributed by atoms with Gasteiger partial charge in [0.2, 0.25) is 0 Å². The van der Waals surface area contributed by atoms with Crippen LogP contribution in [0.5, 0.6) is 0 Å². The van der Waals surface area contributed by atoms with Crippen molar-refractivity contribution in [1.82, 2.24) is 0 Å². The molecule has 0 aromatic carbocycles. The van der Waals surface area contributed by atoms with Gasteiger partial charge in [0.25, 0.3) is 0 Å². The van der Waals surface area contributed by atoms with Crippen molar-refractivity contribution >= 4 is 6.16 Å². The van der Waals surface area contributed by atoms with Gasteiger partial charge in [-0.1, -0.05) is 31.9 Å². The summed E-state index contributed by atoms with van der Waals surface area (Å²) in [4.78, 5) is 10.8. The Morgan fingerprint density at radius 3 is 2.31 bits per heavy atom. The Bertz CT molecular complexity index is 188. The van der Waals surface area contributed by atoms with Gasteiger partial charge in [-0.15, -0.1) is 0 Å². The first-order valence-electron chi connectivity index (χ1n) is 6.25. The summed E-state index contributed by atoms with van der Waals surface area (Å²) >= 11 is 0. The SMILES string of the molecule is CCCCC/C=C\CCCOC(=O)OCC. The first-order valence-corrected chi connectivity index (χ1v) is 6.25. The van der Waals surface area contributed by atoms with Crippen molar-refractivity contribution < 1.29 is 14.3 Å². The summed E-state index contributed by atoms with van der Waals surface area (Å²) in [5, 5.41) is 0. The minimum atomic E-state index is -0.561. The first kappa shape index (κ1) is 15.0. The number of unbranched alkanes of at least 4 members (excludes halogenated alkanes) is 4. The van der Waals surface area contributed by atoms with Gasteiger partial charge < -0.3 is 9.47 Å². The van der Waals surface area contributed by atoms with Gasteiger partial charge in [-0.25, -0.2) is 4.79 Å². The van der Waals surface area contributed by atoms with Gasteiger partial charge >= 0.3 is 6.16 Å². The van der Waals surface area contributed by atoms with Crippen LogP contribution in [-0.2, 0) is 9.47 Å². The molecule has 0 aromatic rings. The summed E-state index contributed by atoms with van der Waals surface area (Å²) in [6.45, 7) is 4.78. The molecule has 3 nitrogen and oxygen atoms in total. The van der Waals surface area contributed by atoms with Crippen LogP contribution >= 0.6 is 0 Å². The van der Waals surface area contributed by atoms with E-state index in [0.717, 1.165) is 19.3 Å². The molecule has 0 aliphatic rings. The van der Waals surface area contributed by atoms with E-state index in [4.69, 9.17) is 4.74 Å². The zero-order valence-corrected chi connectivity index (χ0v) is 10.5. The third-order valence-electron chi connectivity index (χ3n) is 2.14. The topological polar surface area (TPSA) is 35.5 Å². The second-order valence-electron chi connectivity index (χ2n) is 3.64. The van der Waals surface area contributed by atoms with Gasteiger partial charge in [0.05, 0.1) is 13.2 Å². The minimum Gasteiger partial charge on any atom is -0.435 e. The zero-order valence-electron chi connectivity index (χ0n) is 10.5. The number of carbonyl (C=O) groups excluding carboxylic acids is 1. The largest absolute Gasteiger partial charge is 0.508 e. The quantitative estimate of drug-likeness (QED) is 0.339. The lowest BCUT2D eigenvalue weighted by Gasteiger charge is -2.02. The van der Waals surface area contributed by atoms with E-state index in [9.17, 15) is 4.79 Å². The molecule has 0 amide bonds. The van der Waals surface area contributed by atoms with Crippen LogP contribution in [0.15, 0.2) is 12.2 Å². The van der Waals surface area contributed by atoms with E-state index >= 15 is 0 Å². The highest BCUT2D eigenvalue weighted by Gasteiger charge is 1.99. The van der Waals surface area contributed by atoms with Crippen LogP contribution < -0.4 is 0 Å². The predicted molar refractivity (Wildman–Crippen MR) is 65.5 cm³/mol. The maximum absolute atomic E-state index is 10.8. The fourth-order valence-corrected chi connectivity index (χ4v) is 1.26. The van der Waals surface area contributed by atoms with Gasteiger partial charge in [0, 0.05) is 0 Å². The molecule has 0 heterocycles. The van der Waals surface area contributed by atoms with Crippen molar-refractivity contribution in [2.45, 2.75) is 52.4 Å². The summed E-state index contributed by atoms with van der Waals surface area (Å²) in [6, 6.07) is 0. The van der Waals surface area contributed by atoms with E-state index in [1.165, 1.54) is 19.3 Å². The van der Waals surface area contributed by atoms with Crippen molar-refractivity contribution in [3.63, 3.8) is 0 Å². The number of hydrogen-bond donors (Lipinski definition) is 0. The highest BCUT2D eigenvalue weighted by atomic mass is 16.7. The first-order chi connectivity index (χ1) is 7.81. The standard InChI is InChI=1S/C13H24O3/c1-3-5-6-7-8-9-10-11-12-16-13(14)15-4-2/h8-9H,3-7,10-12H2,1-2H3/b9-8-. The Kier molecular flexibility index (Phi) is 11.3. The van der Waals surface area contributed by atoms with E-state index in [0.29, 0.717) is 13.2 Å². The smallest absolute Gasteiger partial charge is 0.435 e. The maximum atomic E-state index is 10.8. The Morgan fingerprint density at radius 2 is 1.69 bits per heavy atom. The molecule has 0 unspecified atom stereocenters. The average Bonchev–Trinajstić information content (AvgIpc) is 2.27. The van der Waals surface area contributed by atoms with Crippen molar-refractivity contribution in [1.29, 1.82) is 0 Å². The van der Waals surface area contributed by atoms with Crippen molar-refractivity contribution in [2.24, 2.45) is 0 Å². The molecule has 0 bridgehead atoms. The van der Waals surface area contributed by atoms with Crippen LogP contribution in [0.4, 0.5) is 4.79 Å². The molecular weight excluding hydrogens is 204 g/mol. The molecule has 0 aliphatic heterocycles. The molecule has 0 fully saturated rings. The lowest BCUT2D eigenvalue weighted by Crippen LogP contribution is -2.07. The molecular formula is C13H24O3. The van der Waals surface area contributed by atoms with Gasteiger partial charge in [-0.05, 0) is 32.6 Å².